The summed E-state index contributed by atoms with van der Waals surface area (Å²) in [7, 11) is -3.70. The van der Waals surface area contributed by atoms with E-state index >= 15 is 0 Å². The molecule has 136 valence electrons. The van der Waals surface area contributed by atoms with Crippen LogP contribution in [-0.2, 0) is 23.3 Å². The van der Waals surface area contributed by atoms with E-state index in [4.69, 9.17) is 0 Å². The van der Waals surface area contributed by atoms with Crippen molar-refractivity contribution in [3.63, 3.8) is 0 Å². The molecule has 0 bridgehead atoms. The average molecular weight is 369 g/mol. The van der Waals surface area contributed by atoms with Gasteiger partial charge in [0, 0.05) is 19.6 Å². The number of hydrogen-bond donors (Lipinski definition) is 0. The lowest BCUT2D eigenvalue weighted by molar-refractivity contribution is 0.358. The first kappa shape index (κ1) is 19.9. The molecule has 0 aliphatic heterocycles. The first-order valence-corrected chi connectivity index (χ1v) is 9.81. The molecule has 0 aliphatic rings. The molecule has 0 unspecified atom stereocenters. The average Bonchev–Trinajstić information content (AvgIpc) is 2.66. The van der Waals surface area contributed by atoms with Crippen LogP contribution in [0.3, 0.4) is 0 Å². The zero-order chi connectivity index (χ0) is 18.8. The van der Waals surface area contributed by atoms with Crippen LogP contribution < -0.4 is 0 Å². The SMILES string of the molecule is C=CCN(Cc1ccccc1)S(=O)(=O)N(CC#CC)Cc1ccccc1. The molecule has 0 heterocycles. The van der Waals surface area contributed by atoms with Crippen molar-refractivity contribution in [1.82, 2.24) is 8.61 Å². The van der Waals surface area contributed by atoms with Crippen LogP contribution in [0, 0.1) is 11.8 Å². The van der Waals surface area contributed by atoms with E-state index in [2.05, 4.69) is 18.4 Å². The smallest absolute Gasteiger partial charge is 0.195 e. The van der Waals surface area contributed by atoms with E-state index in [9.17, 15) is 8.42 Å². The summed E-state index contributed by atoms with van der Waals surface area (Å²) < 4.78 is 29.4. The second-order valence-corrected chi connectivity index (χ2v) is 7.68. The third-order valence-corrected chi connectivity index (χ3v) is 5.66. The lowest BCUT2D eigenvalue weighted by Crippen LogP contribution is -2.43. The molecule has 2 aromatic rings. The molecule has 0 aromatic heterocycles. The highest BCUT2D eigenvalue weighted by atomic mass is 32.2. The Hall–Kier alpha value is -2.39. The Morgan fingerprint density at radius 2 is 1.42 bits per heavy atom. The molecule has 0 radical (unpaired) electrons. The van der Waals surface area contributed by atoms with Crippen LogP contribution in [0.5, 0.6) is 0 Å². The minimum Gasteiger partial charge on any atom is -0.195 e. The summed E-state index contributed by atoms with van der Waals surface area (Å²) in [6, 6.07) is 19.1. The molecule has 0 N–H and O–H groups in total. The molecule has 0 saturated heterocycles. The molecule has 0 aliphatic carbocycles. The Balaban J connectivity index is 2.30. The van der Waals surface area contributed by atoms with Crippen molar-refractivity contribution in [2.45, 2.75) is 20.0 Å². The molecule has 0 atom stereocenters. The quantitative estimate of drug-likeness (QED) is 0.502. The van der Waals surface area contributed by atoms with Gasteiger partial charge in [0.2, 0.25) is 0 Å². The van der Waals surface area contributed by atoms with Gasteiger partial charge in [-0.15, -0.1) is 12.5 Å². The summed E-state index contributed by atoms with van der Waals surface area (Å²) in [5, 5.41) is 0. The predicted octanol–water partition coefficient (Wildman–Crippen LogP) is 3.44. The molecule has 0 amide bonds. The molecular weight excluding hydrogens is 344 g/mol. The number of hydrogen-bond acceptors (Lipinski definition) is 2. The molecule has 0 saturated carbocycles. The van der Waals surface area contributed by atoms with Crippen molar-refractivity contribution in [2.75, 3.05) is 13.1 Å². The van der Waals surface area contributed by atoms with Gasteiger partial charge in [0.1, 0.15) is 0 Å². The normalized spacial score (nSPS) is 11.2. The molecule has 0 spiro atoms. The third-order valence-electron chi connectivity index (χ3n) is 3.82. The van der Waals surface area contributed by atoms with Gasteiger partial charge in [-0.1, -0.05) is 72.7 Å². The topological polar surface area (TPSA) is 40.6 Å². The van der Waals surface area contributed by atoms with Crippen molar-refractivity contribution in [1.29, 1.82) is 0 Å². The minimum absolute atomic E-state index is 0.149. The fourth-order valence-corrected chi connectivity index (χ4v) is 3.98. The van der Waals surface area contributed by atoms with Gasteiger partial charge in [-0.25, -0.2) is 0 Å². The second-order valence-electron chi connectivity index (χ2n) is 5.76. The van der Waals surface area contributed by atoms with Crippen molar-refractivity contribution in [2.24, 2.45) is 0 Å². The Morgan fingerprint density at radius 1 is 0.923 bits per heavy atom. The lowest BCUT2D eigenvalue weighted by atomic mass is 10.2. The minimum atomic E-state index is -3.70. The summed E-state index contributed by atoms with van der Waals surface area (Å²) in [6.07, 6.45) is 1.60. The van der Waals surface area contributed by atoms with Crippen molar-refractivity contribution in [3.8, 4) is 11.8 Å². The monoisotopic (exact) mass is 368 g/mol. The zero-order valence-corrected chi connectivity index (χ0v) is 15.8. The zero-order valence-electron chi connectivity index (χ0n) is 15.0. The van der Waals surface area contributed by atoms with Gasteiger partial charge in [-0.2, -0.15) is 17.0 Å². The highest BCUT2D eigenvalue weighted by Crippen LogP contribution is 2.16. The predicted molar refractivity (Wildman–Crippen MR) is 106 cm³/mol. The third kappa shape index (κ3) is 5.57. The first-order chi connectivity index (χ1) is 12.6. The van der Waals surface area contributed by atoms with Gasteiger partial charge in [0.05, 0.1) is 6.54 Å². The van der Waals surface area contributed by atoms with Crippen molar-refractivity contribution in [3.05, 3.63) is 84.4 Å². The summed E-state index contributed by atoms with van der Waals surface area (Å²) >= 11 is 0. The van der Waals surface area contributed by atoms with Gasteiger partial charge < -0.3 is 0 Å². The largest absolute Gasteiger partial charge is 0.283 e. The fraction of sp³-hybridized carbons (Fsp3) is 0.238. The Kier molecular flexibility index (Phi) is 7.61. The Labute approximate surface area is 156 Å². The lowest BCUT2D eigenvalue weighted by Gasteiger charge is -2.28. The fourth-order valence-electron chi connectivity index (χ4n) is 2.51. The molecular formula is C21H24N2O2S. The standard InChI is InChI=1S/C21H24N2O2S/c1-3-5-17-23(19-21-14-10-7-11-15-21)26(24,25)22(16-4-2)18-20-12-8-6-9-13-20/h4,6-15H,2,16-19H2,1H3. The van der Waals surface area contributed by atoms with Gasteiger partial charge >= 0.3 is 0 Å². The van der Waals surface area contributed by atoms with E-state index in [-0.39, 0.29) is 19.6 Å². The van der Waals surface area contributed by atoms with E-state index in [1.54, 1.807) is 13.0 Å². The van der Waals surface area contributed by atoms with E-state index in [0.717, 1.165) is 11.1 Å². The molecule has 2 aromatic carbocycles. The highest BCUT2D eigenvalue weighted by molar-refractivity contribution is 7.86. The van der Waals surface area contributed by atoms with E-state index in [1.807, 2.05) is 60.7 Å². The Bertz CT molecular complexity index is 853. The summed E-state index contributed by atoms with van der Waals surface area (Å²) in [6.45, 7) is 6.37. The van der Waals surface area contributed by atoms with Crippen molar-refractivity contribution < 1.29 is 8.42 Å². The van der Waals surface area contributed by atoms with Gasteiger partial charge in [0.25, 0.3) is 10.2 Å². The summed E-state index contributed by atoms with van der Waals surface area (Å²) in [5.74, 6) is 5.66. The van der Waals surface area contributed by atoms with E-state index in [0.29, 0.717) is 6.54 Å². The van der Waals surface area contributed by atoms with E-state index in [1.165, 1.54) is 8.61 Å². The first-order valence-electron chi connectivity index (χ1n) is 8.41. The van der Waals surface area contributed by atoms with Crippen LogP contribution in [0.2, 0.25) is 0 Å². The molecule has 26 heavy (non-hydrogen) atoms. The van der Waals surface area contributed by atoms with Crippen LogP contribution in [0.1, 0.15) is 18.1 Å². The van der Waals surface area contributed by atoms with Crippen LogP contribution in [0.4, 0.5) is 0 Å². The van der Waals surface area contributed by atoms with E-state index < -0.39 is 10.2 Å². The Morgan fingerprint density at radius 3 is 1.88 bits per heavy atom. The van der Waals surface area contributed by atoms with Crippen LogP contribution in [0.25, 0.3) is 0 Å². The summed E-state index contributed by atoms with van der Waals surface area (Å²) in [4.78, 5) is 0. The molecule has 5 heteroatoms. The summed E-state index contributed by atoms with van der Waals surface area (Å²) in [5.41, 5.74) is 1.85. The number of benzene rings is 2. The molecule has 4 nitrogen and oxygen atoms in total. The maximum absolute atomic E-state index is 13.3. The van der Waals surface area contributed by atoms with Crippen molar-refractivity contribution >= 4 is 10.2 Å². The number of nitrogens with zero attached hydrogens (tertiary/aromatic N) is 2. The second kappa shape index (κ2) is 9.93. The van der Waals surface area contributed by atoms with Crippen LogP contribution in [0.15, 0.2) is 73.3 Å². The van der Waals surface area contributed by atoms with Gasteiger partial charge in [0.15, 0.2) is 0 Å². The number of rotatable bonds is 9. The van der Waals surface area contributed by atoms with Crippen LogP contribution in [-0.4, -0.2) is 30.1 Å². The highest BCUT2D eigenvalue weighted by Gasteiger charge is 2.28. The molecule has 0 fully saturated rings. The maximum atomic E-state index is 13.3. The molecule has 2 rings (SSSR count). The van der Waals surface area contributed by atoms with Crippen LogP contribution >= 0.6 is 0 Å². The van der Waals surface area contributed by atoms with Gasteiger partial charge in [-0.05, 0) is 18.1 Å². The van der Waals surface area contributed by atoms with Gasteiger partial charge in [-0.3, -0.25) is 0 Å². The maximum Gasteiger partial charge on any atom is 0.283 e.